The highest BCUT2D eigenvalue weighted by atomic mass is 16.3. The van der Waals surface area contributed by atoms with Gasteiger partial charge in [-0.15, -0.1) is 5.10 Å². The molecule has 0 saturated carbocycles. The van der Waals surface area contributed by atoms with Gasteiger partial charge in [-0.2, -0.15) is 0 Å². The van der Waals surface area contributed by atoms with Crippen molar-refractivity contribution in [3.05, 3.63) is 48.2 Å². The minimum Gasteiger partial charge on any atom is -0.387 e. The molecule has 0 amide bonds. The molecule has 7 heteroatoms. The monoisotopic (exact) mass is 338 g/mol. The summed E-state index contributed by atoms with van der Waals surface area (Å²) in [5.41, 5.74) is 1.17. The van der Waals surface area contributed by atoms with E-state index in [0.29, 0.717) is 19.6 Å². The van der Waals surface area contributed by atoms with E-state index < -0.39 is 5.60 Å². The van der Waals surface area contributed by atoms with E-state index in [0.717, 1.165) is 41.8 Å². The summed E-state index contributed by atoms with van der Waals surface area (Å²) >= 11 is 0. The van der Waals surface area contributed by atoms with Gasteiger partial charge in [0.15, 0.2) is 0 Å². The van der Waals surface area contributed by atoms with Crippen LogP contribution in [0.15, 0.2) is 36.7 Å². The summed E-state index contributed by atoms with van der Waals surface area (Å²) in [5.74, 6) is 0.807. The normalized spacial score (nSPS) is 21.7. The molecule has 3 aromatic rings. The van der Waals surface area contributed by atoms with Gasteiger partial charge in [0.05, 0.1) is 30.4 Å². The lowest BCUT2D eigenvalue weighted by Crippen LogP contribution is -2.50. The Kier molecular flexibility index (Phi) is 4.19. The first-order chi connectivity index (χ1) is 12.1. The molecule has 25 heavy (non-hydrogen) atoms. The highest BCUT2D eigenvalue weighted by molar-refractivity contribution is 5.80. The van der Waals surface area contributed by atoms with Crippen LogP contribution in [0.4, 0.5) is 0 Å². The first kappa shape index (κ1) is 16.1. The molecule has 1 N–H and O–H groups in total. The molecule has 3 heterocycles. The van der Waals surface area contributed by atoms with E-state index in [4.69, 9.17) is 4.98 Å². The standard InChI is InChI=1S/C18H22N6O/c1-14-15-5-2-3-6-16(15)21-17(20-14)11-23-9-4-7-18(25,12-23)13-24-10-8-19-22-24/h2-3,5-6,8,10,25H,4,7,9,11-13H2,1H3. The molecule has 0 aliphatic carbocycles. The number of benzene rings is 1. The lowest BCUT2D eigenvalue weighted by atomic mass is 9.93. The summed E-state index contributed by atoms with van der Waals surface area (Å²) in [6, 6.07) is 8.07. The number of β-amino-alcohol motifs (C(OH)–C–C–N with tert-alkyl or cyclic N) is 1. The molecule has 1 aliphatic rings. The molecular weight excluding hydrogens is 316 g/mol. The van der Waals surface area contributed by atoms with Gasteiger partial charge < -0.3 is 5.11 Å². The van der Waals surface area contributed by atoms with E-state index in [-0.39, 0.29) is 0 Å². The van der Waals surface area contributed by atoms with Crippen LogP contribution in [0.2, 0.25) is 0 Å². The summed E-state index contributed by atoms with van der Waals surface area (Å²) in [5, 5.41) is 19.8. The number of aliphatic hydroxyl groups is 1. The zero-order chi connectivity index (χ0) is 17.3. The van der Waals surface area contributed by atoms with Gasteiger partial charge in [0.2, 0.25) is 0 Å². The van der Waals surface area contributed by atoms with Crippen LogP contribution in [0.3, 0.4) is 0 Å². The Hall–Kier alpha value is -2.38. The van der Waals surface area contributed by atoms with E-state index in [1.54, 1.807) is 17.1 Å². The third-order valence-electron chi connectivity index (χ3n) is 4.77. The Morgan fingerprint density at radius 3 is 2.96 bits per heavy atom. The first-order valence-corrected chi connectivity index (χ1v) is 8.62. The van der Waals surface area contributed by atoms with Gasteiger partial charge in [-0.1, -0.05) is 23.4 Å². The lowest BCUT2D eigenvalue weighted by molar-refractivity contribution is -0.0484. The van der Waals surface area contributed by atoms with Crippen LogP contribution >= 0.6 is 0 Å². The van der Waals surface area contributed by atoms with Crippen LogP contribution in [-0.4, -0.2) is 53.7 Å². The SMILES string of the molecule is Cc1nc(CN2CCCC(O)(Cn3ccnn3)C2)nc2ccccc12. The maximum atomic E-state index is 10.9. The second-order valence-electron chi connectivity index (χ2n) is 6.88. The smallest absolute Gasteiger partial charge is 0.143 e. The number of aryl methyl sites for hydroxylation is 1. The van der Waals surface area contributed by atoms with E-state index in [1.165, 1.54) is 0 Å². The summed E-state index contributed by atoms with van der Waals surface area (Å²) in [4.78, 5) is 11.6. The molecule has 0 bridgehead atoms. The maximum Gasteiger partial charge on any atom is 0.143 e. The molecule has 4 rings (SSSR count). The number of aromatic nitrogens is 5. The molecule has 130 valence electrons. The predicted molar refractivity (Wildman–Crippen MR) is 93.8 cm³/mol. The zero-order valence-electron chi connectivity index (χ0n) is 14.3. The fourth-order valence-corrected chi connectivity index (χ4v) is 3.65. The number of hydrogen-bond donors (Lipinski definition) is 1. The number of rotatable bonds is 4. The van der Waals surface area contributed by atoms with Crippen molar-refractivity contribution in [1.29, 1.82) is 0 Å². The van der Waals surface area contributed by atoms with Gasteiger partial charge in [-0.05, 0) is 32.4 Å². The number of piperidine rings is 1. The highest BCUT2D eigenvalue weighted by Crippen LogP contribution is 2.24. The lowest BCUT2D eigenvalue weighted by Gasteiger charge is -2.38. The number of likely N-dealkylation sites (tertiary alicyclic amines) is 1. The highest BCUT2D eigenvalue weighted by Gasteiger charge is 2.34. The molecule has 1 unspecified atom stereocenters. The minimum atomic E-state index is -0.794. The van der Waals surface area contributed by atoms with Gasteiger partial charge in [-0.3, -0.25) is 4.90 Å². The van der Waals surface area contributed by atoms with Crippen molar-refractivity contribution >= 4 is 10.9 Å². The topological polar surface area (TPSA) is 80.0 Å². The van der Waals surface area contributed by atoms with Gasteiger partial charge in [0.25, 0.3) is 0 Å². The molecule has 1 atom stereocenters. The summed E-state index contributed by atoms with van der Waals surface area (Å²) in [6.07, 6.45) is 5.13. The molecular formula is C18H22N6O. The van der Waals surface area contributed by atoms with Crippen molar-refractivity contribution in [2.45, 2.75) is 38.5 Å². The molecule has 7 nitrogen and oxygen atoms in total. The number of fused-ring (bicyclic) bond motifs is 1. The Morgan fingerprint density at radius 2 is 2.12 bits per heavy atom. The Balaban J connectivity index is 1.50. The maximum absolute atomic E-state index is 10.9. The zero-order valence-corrected chi connectivity index (χ0v) is 14.3. The predicted octanol–water partition coefficient (Wildman–Crippen LogP) is 1.56. The second-order valence-corrected chi connectivity index (χ2v) is 6.88. The number of hydrogen-bond acceptors (Lipinski definition) is 6. The Morgan fingerprint density at radius 1 is 1.24 bits per heavy atom. The third-order valence-corrected chi connectivity index (χ3v) is 4.77. The van der Waals surface area contributed by atoms with Gasteiger partial charge in [0.1, 0.15) is 5.82 Å². The molecule has 1 aliphatic heterocycles. The molecule has 0 spiro atoms. The molecule has 1 fully saturated rings. The van der Waals surface area contributed by atoms with E-state index in [9.17, 15) is 5.11 Å². The molecule has 2 aromatic heterocycles. The van der Waals surface area contributed by atoms with Crippen molar-refractivity contribution in [1.82, 2.24) is 29.9 Å². The summed E-state index contributed by atoms with van der Waals surface area (Å²) < 4.78 is 1.69. The second kappa shape index (κ2) is 6.50. The molecule has 1 aromatic carbocycles. The van der Waals surface area contributed by atoms with Crippen molar-refractivity contribution in [3.63, 3.8) is 0 Å². The quantitative estimate of drug-likeness (QED) is 0.778. The van der Waals surface area contributed by atoms with Crippen LogP contribution < -0.4 is 0 Å². The largest absolute Gasteiger partial charge is 0.387 e. The van der Waals surface area contributed by atoms with Crippen molar-refractivity contribution in [2.75, 3.05) is 13.1 Å². The van der Waals surface area contributed by atoms with E-state index >= 15 is 0 Å². The Bertz CT molecular complexity index is 865. The number of nitrogens with zero attached hydrogens (tertiary/aromatic N) is 6. The van der Waals surface area contributed by atoms with Crippen LogP contribution in [0.1, 0.15) is 24.4 Å². The van der Waals surface area contributed by atoms with Crippen molar-refractivity contribution in [2.24, 2.45) is 0 Å². The average molecular weight is 338 g/mol. The number of para-hydroxylation sites is 1. The van der Waals surface area contributed by atoms with Crippen LogP contribution in [0, 0.1) is 6.92 Å². The van der Waals surface area contributed by atoms with Gasteiger partial charge >= 0.3 is 0 Å². The molecule has 1 saturated heterocycles. The van der Waals surface area contributed by atoms with Crippen molar-refractivity contribution < 1.29 is 5.11 Å². The fraction of sp³-hybridized carbons (Fsp3) is 0.444. The van der Waals surface area contributed by atoms with Crippen LogP contribution in [0.25, 0.3) is 10.9 Å². The van der Waals surface area contributed by atoms with E-state index in [1.807, 2.05) is 31.2 Å². The fourth-order valence-electron chi connectivity index (χ4n) is 3.65. The van der Waals surface area contributed by atoms with E-state index in [2.05, 4.69) is 20.2 Å². The Labute approximate surface area is 146 Å². The summed E-state index contributed by atoms with van der Waals surface area (Å²) in [7, 11) is 0. The van der Waals surface area contributed by atoms with Crippen LogP contribution in [-0.2, 0) is 13.1 Å². The van der Waals surface area contributed by atoms with Crippen LogP contribution in [0.5, 0.6) is 0 Å². The summed E-state index contributed by atoms with van der Waals surface area (Å²) in [6.45, 7) is 4.65. The molecule has 0 radical (unpaired) electrons. The van der Waals surface area contributed by atoms with Gasteiger partial charge in [0, 0.05) is 23.8 Å². The minimum absolute atomic E-state index is 0.459. The third kappa shape index (κ3) is 3.52. The van der Waals surface area contributed by atoms with Crippen molar-refractivity contribution in [3.8, 4) is 0 Å². The first-order valence-electron chi connectivity index (χ1n) is 8.62. The van der Waals surface area contributed by atoms with Gasteiger partial charge in [-0.25, -0.2) is 14.6 Å². The average Bonchev–Trinajstić information content (AvgIpc) is 3.07.